The van der Waals surface area contributed by atoms with Crippen LogP contribution in [-0.4, -0.2) is 48.7 Å². The molecule has 2 aromatic rings. The smallest absolute Gasteiger partial charge is 0.254 e. The number of halogens is 1. The molecule has 2 N–H and O–H groups in total. The molecule has 138 valence electrons. The van der Waals surface area contributed by atoms with Crippen LogP contribution in [0.25, 0.3) is 0 Å². The number of carbonyl (C=O) groups excluding carboxylic acids is 1. The fraction of sp³-hybridized carbons (Fsp3) is 0.368. The number of nitrogens with two attached hydrogens (primary N) is 1. The molecule has 1 aliphatic rings. The van der Waals surface area contributed by atoms with Crippen LogP contribution in [0, 0.1) is 5.82 Å². The summed E-state index contributed by atoms with van der Waals surface area (Å²) in [5.74, 6) is -0.130. The van der Waals surface area contributed by atoms with Gasteiger partial charge in [0.1, 0.15) is 5.82 Å². The lowest BCUT2D eigenvalue weighted by molar-refractivity contribution is -0.0246. The van der Waals surface area contributed by atoms with Crippen LogP contribution in [0.5, 0.6) is 5.75 Å². The van der Waals surface area contributed by atoms with Gasteiger partial charge in [-0.2, -0.15) is 0 Å². The largest absolute Gasteiger partial charge is 0.494 e. The lowest BCUT2D eigenvalue weighted by atomic mass is 10.1. The molecule has 0 saturated carbocycles. The van der Waals surface area contributed by atoms with Crippen LogP contribution in [0.2, 0.25) is 0 Å². The molecule has 0 spiro atoms. The number of nitrogen functional groups attached to an aromatic ring is 1. The summed E-state index contributed by atoms with van der Waals surface area (Å²) in [5, 5.41) is 0. The molecule has 1 amide bonds. The molecule has 1 aromatic heterocycles. The van der Waals surface area contributed by atoms with Gasteiger partial charge in [-0.25, -0.2) is 9.37 Å². The van der Waals surface area contributed by atoms with Gasteiger partial charge in [-0.1, -0.05) is 0 Å². The van der Waals surface area contributed by atoms with Crippen molar-refractivity contribution in [3.05, 3.63) is 53.5 Å². The quantitative estimate of drug-likeness (QED) is 0.886. The first-order valence-electron chi connectivity index (χ1n) is 8.51. The average Bonchev–Trinajstić information content (AvgIpc) is 2.66. The van der Waals surface area contributed by atoms with E-state index in [2.05, 4.69) is 4.98 Å². The number of hydrogen-bond donors (Lipinski definition) is 1. The second-order valence-corrected chi connectivity index (χ2v) is 6.22. The van der Waals surface area contributed by atoms with Crippen LogP contribution in [-0.2, 0) is 11.2 Å². The predicted molar refractivity (Wildman–Crippen MR) is 95.6 cm³/mol. The lowest BCUT2D eigenvalue weighted by Crippen LogP contribution is -2.45. The first kappa shape index (κ1) is 18.1. The van der Waals surface area contributed by atoms with E-state index in [4.69, 9.17) is 15.2 Å². The summed E-state index contributed by atoms with van der Waals surface area (Å²) >= 11 is 0. The number of amides is 1. The van der Waals surface area contributed by atoms with Crippen molar-refractivity contribution in [3.8, 4) is 5.75 Å². The van der Waals surface area contributed by atoms with E-state index < -0.39 is 5.82 Å². The molecular weight excluding hydrogens is 337 g/mol. The molecular formula is C19H22FN3O3. The van der Waals surface area contributed by atoms with Gasteiger partial charge in [0.15, 0.2) is 11.6 Å². The second kappa shape index (κ2) is 8.14. The maximum Gasteiger partial charge on any atom is 0.254 e. The molecule has 0 aliphatic carbocycles. The highest BCUT2D eigenvalue weighted by Gasteiger charge is 2.25. The van der Waals surface area contributed by atoms with E-state index in [0.717, 1.165) is 18.4 Å². The Morgan fingerprint density at radius 1 is 1.42 bits per heavy atom. The summed E-state index contributed by atoms with van der Waals surface area (Å²) in [7, 11) is 1.39. The van der Waals surface area contributed by atoms with Crippen molar-refractivity contribution >= 4 is 11.7 Å². The Bertz CT molecular complexity index is 784. The van der Waals surface area contributed by atoms with E-state index in [-0.39, 0.29) is 17.8 Å². The minimum atomic E-state index is -0.543. The Kier molecular flexibility index (Phi) is 5.68. The van der Waals surface area contributed by atoms with Crippen molar-refractivity contribution in [1.82, 2.24) is 9.88 Å². The summed E-state index contributed by atoms with van der Waals surface area (Å²) in [6.45, 7) is 1.44. The van der Waals surface area contributed by atoms with E-state index >= 15 is 0 Å². The SMILES string of the molecule is COc1ccc(C(=O)N2CCO[C@H](CCc3ccnc(N)c3)C2)cc1F. The monoisotopic (exact) mass is 359 g/mol. The van der Waals surface area contributed by atoms with Crippen LogP contribution < -0.4 is 10.5 Å². The van der Waals surface area contributed by atoms with E-state index in [1.165, 1.54) is 19.2 Å². The van der Waals surface area contributed by atoms with Crippen molar-refractivity contribution in [2.75, 3.05) is 32.5 Å². The van der Waals surface area contributed by atoms with Gasteiger partial charge in [-0.3, -0.25) is 4.79 Å². The Balaban J connectivity index is 1.60. The zero-order valence-electron chi connectivity index (χ0n) is 14.7. The van der Waals surface area contributed by atoms with Crippen molar-refractivity contribution in [2.45, 2.75) is 18.9 Å². The standard InChI is InChI=1S/C19H22FN3O3/c1-25-17-5-3-14(11-16(17)20)19(24)23-8-9-26-15(12-23)4-2-13-6-7-22-18(21)10-13/h3,5-7,10-11,15H,2,4,8-9,12H2,1H3,(H2,21,22)/t15-/m1/s1. The summed E-state index contributed by atoms with van der Waals surface area (Å²) in [5.41, 5.74) is 7.09. The van der Waals surface area contributed by atoms with Crippen LogP contribution in [0.15, 0.2) is 36.5 Å². The molecule has 6 nitrogen and oxygen atoms in total. The molecule has 1 aliphatic heterocycles. The van der Waals surface area contributed by atoms with E-state index in [1.807, 2.05) is 12.1 Å². The second-order valence-electron chi connectivity index (χ2n) is 6.22. The Morgan fingerprint density at radius 2 is 2.27 bits per heavy atom. The number of carbonyl (C=O) groups is 1. The van der Waals surface area contributed by atoms with Crippen LogP contribution >= 0.6 is 0 Å². The van der Waals surface area contributed by atoms with Crippen LogP contribution in [0.3, 0.4) is 0 Å². The summed E-state index contributed by atoms with van der Waals surface area (Å²) < 4.78 is 24.5. The van der Waals surface area contributed by atoms with Gasteiger partial charge in [-0.15, -0.1) is 0 Å². The number of aromatic nitrogens is 1. The summed E-state index contributed by atoms with van der Waals surface area (Å²) in [6, 6.07) is 8.02. The predicted octanol–water partition coefficient (Wildman–Crippen LogP) is 2.29. The minimum absolute atomic E-state index is 0.0646. The zero-order valence-corrected chi connectivity index (χ0v) is 14.7. The highest BCUT2D eigenvalue weighted by Crippen LogP contribution is 2.20. The number of anilines is 1. The van der Waals surface area contributed by atoms with E-state index in [9.17, 15) is 9.18 Å². The average molecular weight is 359 g/mol. The normalized spacial score (nSPS) is 17.2. The highest BCUT2D eigenvalue weighted by molar-refractivity contribution is 5.94. The van der Waals surface area contributed by atoms with Gasteiger partial charge in [0, 0.05) is 24.8 Å². The Labute approximate surface area is 151 Å². The fourth-order valence-electron chi connectivity index (χ4n) is 3.04. The maximum absolute atomic E-state index is 13.9. The number of morpholine rings is 1. The Morgan fingerprint density at radius 3 is 3.00 bits per heavy atom. The van der Waals surface area contributed by atoms with E-state index in [0.29, 0.717) is 31.1 Å². The number of pyridine rings is 1. The van der Waals surface area contributed by atoms with Crippen LogP contribution in [0.1, 0.15) is 22.3 Å². The molecule has 1 aromatic carbocycles. The van der Waals surface area contributed by atoms with Crippen molar-refractivity contribution < 1.29 is 18.7 Å². The molecule has 26 heavy (non-hydrogen) atoms. The molecule has 1 atom stereocenters. The van der Waals surface area contributed by atoms with Crippen molar-refractivity contribution in [3.63, 3.8) is 0 Å². The number of aryl methyl sites for hydroxylation is 1. The Hall–Kier alpha value is -2.67. The van der Waals surface area contributed by atoms with Gasteiger partial charge < -0.3 is 20.1 Å². The molecule has 0 radical (unpaired) electrons. The number of nitrogens with zero attached hydrogens (tertiary/aromatic N) is 2. The maximum atomic E-state index is 13.9. The van der Waals surface area contributed by atoms with Gasteiger partial charge in [0.05, 0.1) is 19.8 Å². The van der Waals surface area contributed by atoms with Gasteiger partial charge in [0.25, 0.3) is 5.91 Å². The minimum Gasteiger partial charge on any atom is -0.494 e. The third-order valence-electron chi connectivity index (χ3n) is 4.43. The van der Waals surface area contributed by atoms with Gasteiger partial charge >= 0.3 is 0 Å². The van der Waals surface area contributed by atoms with Gasteiger partial charge in [-0.05, 0) is 48.7 Å². The molecule has 1 fully saturated rings. The fourth-order valence-corrected chi connectivity index (χ4v) is 3.04. The van der Waals surface area contributed by atoms with Gasteiger partial charge in [0.2, 0.25) is 0 Å². The topological polar surface area (TPSA) is 77.7 Å². The molecule has 7 heteroatoms. The van der Waals surface area contributed by atoms with E-state index in [1.54, 1.807) is 17.2 Å². The highest BCUT2D eigenvalue weighted by atomic mass is 19.1. The molecule has 3 rings (SSSR count). The van der Waals surface area contributed by atoms with Crippen molar-refractivity contribution in [2.24, 2.45) is 0 Å². The molecule has 0 unspecified atom stereocenters. The number of rotatable bonds is 5. The summed E-state index contributed by atoms with van der Waals surface area (Å²) in [4.78, 5) is 18.3. The zero-order chi connectivity index (χ0) is 18.5. The third-order valence-corrected chi connectivity index (χ3v) is 4.43. The number of benzene rings is 1. The number of ether oxygens (including phenoxy) is 2. The van der Waals surface area contributed by atoms with Crippen molar-refractivity contribution in [1.29, 1.82) is 0 Å². The number of hydrogen-bond acceptors (Lipinski definition) is 5. The number of methoxy groups -OCH3 is 1. The molecule has 1 saturated heterocycles. The molecule has 0 bridgehead atoms. The third kappa shape index (κ3) is 4.29. The van der Waals surface area contributed by atoms with Crippen LogP contribution in [0.4, 0.5) is 10.2 Å². The first-order valence-corrected chi connectivity index (χ1v) is 8.51. The molecule has 2 heterocycles. The lowest BCUT2D eigenvalue weighted by Gasteiger charge is -2.33. The first-order chi connectivity index (χ1) is 12.6. The summed E-state index contributed by atoms with van der Waals surface area (Å²) in [6.07, 6.45) is 3.17.